The average Bonchev–Trinajstić information content (AvgIpc) is 2.90. The van der Waals surface area contributed by atoms with Crippen LogP contribution in [0.5, 0.6) is 0 Å². The second-order valence-electron chi connectivity index (χ2n) is 6.86. The first kappa shape index (κ1) is 20.8. The third-order valence-corrected chi connectivity index (χ3v) is 3.78. The van der Waals surface area contributed by atoms with Gasteiger partial charge in [-0.15, -0.1) is 0 Å². The molecule has 2 rings (SSSR count). The van der Waals surface area contributed by atoms with E-state index in [1.165, 1.54) is 10.9 Å². The summed E-state index contributed by atoms with van der Waals surface area (Å²) in [7, 11) is 0. The molecule has 1 amide bonds. The molecule has 2 aromatic rings. The van der Waals surface area contributed by atoms with Gasteiger partial charge in [-0.05, 0) is 60.8 Å². The molecule has 0 saturated heterocycles. The minimum Gasteiger partial charge on any atom is -0.444 e. The minimum absolute atomic E-state index is 0.111. The van der Waals surface area contributed by atoms with E-state index in [2.05, 4.69) is 31.3 Å². The highest BCUT2D eigenvalue weighted by Crippen LogP contribution is 2.15. The van der Waals surface area contributed by atoms with Crippen LogP contribution in [-0.2, 0) is 11.3 Å². The highest BCUT2D eigenvalue weighted by molar-refractivity contribution is 9.10. The highest BCUT2D eigenvalue weighted by atomic mass is 79.9. The number of carbonyl (C=O) groups excluding carboxylic acids is 1. The number of halogens is 2. The number of pyridine rings is 1. The van der Waals surface area contributed by atoms with Gasteiger partial charge in [-0.25, -0.2) is 28.2 Å². The Labute approximate surface area is 164 Å². The minimum atomic E-state index is -0.672. The van der Waals surface area contributed by atoms with Crippen LogP contribution < -0.4 is 11.0 Å². The van der Waals surface area contributed by atoms with Crippen molar-refractivity contribution in [2.75, 3.05) is 6.54 Å². The molecule has 0 radical (unpaired) electrons. The van der Waals surface area contributed by atoms with E-state index in [1.54, 1.807) is 27.0 Å². The average molecular weight is 442 g/mol. The molecule has 10 heteroatoms. The molecule has 2 heterocycles. The van der Waals surface area contributed by atoms with Gasteiger partial charge in [-0.1, -0.05) is 0 Å². The molecule has 0 saturated carbocycles. The first-order valence-electron chi connectivity index (χ1n) is 8.12. The largest absolute Gasteiger partial charge is 0.444 e. The Morgan fingerprint density at radius 1 is 1.44 bits per heavy atom. The summed E-state index contributed by atoms with van der Waals surface area (Å²) in [5, 5.41) is 6.44. The Kier molecular flexibility index (Phi) is 6.53. The zero-order valence-electron chi connectivity index (χ0n) is 15.5. The van der Waals surface area contributed by atoms with Crippen molar-refractivity contribution in [2.24, 2.45) is 0 Å². The number of ether oxygens (including phenoxy) is 1. The van der Waals surface area contributed by atoms with E-state index < -0.39 is 17.4 Å². The van der Waals surface area contributed by atoms with Gasteiger partial charge in [-0.2, -0.15) is 5.10 Å². The fourth-order valence-electron chi connectivity index (χ4n) is 2.20. The van der Waals surface area contributed by atoms with Crippen LogP contribution in [0.1, 0.15) is 26.3 Å². The number of carbonyl (C=O) groups is 1. The van der Waals surface area contributed by atoms with Gasteiger partial charge < -0.3 is 10.1 Å². The molecule has 0 bridgehead atoms. The molecule has 27 heavy (non-hydrogen) atoms. The first-order chi connectivity index (χ1) is 12.6. The Hall–Kier alpha value is -2.49. The number of hydrogen-bond acceptors (Lipinski definition) is 5. The van der Waals surface area contributed by atoms with Crippen LogP contribution in [0.2, 0.25) is 0 Å². The number of nitrogens with one attached hydrogen (secondary N) is 1. The van der Waals surface area contributed by atoms with Crippen LogP contribution in [0.15, 0.2) is 39.8 Å². The lowest BCUT2D eigenvalue weighted by atomic mass is 10.2. The van der Waals surface area contributed by atoms with Crippen LogP contribution in [0, 0.1) is 6.92 Å². The van der Waals surface area contributed by atoms with Gasteiger partial charge in [0.2, 0.25) is 0 Å². The van der Waals surface area contributed by atoms with Crippen LogP contribution in [0.3, 0.4) is 0 Å². The molecule has 146 valence electrons. The monoisotopic (exact) mass is 441 g/mol. The van der Waals surface area contributed by atoms with E-state index in [0.29, 0.717) is 12.1 Å². The molecule has 0 aromatic carbocycles. The molecule has 0 unspecified atom stereocenters. The number of aromatic nitrogens is 4. The number of nitrogens with zero attached hydrogens (tertiary/aromatic N) is 4. The summed E-state index contributed by atoms with van der Waals surface area (Å²) in [6, 6.07) is 1.82. The maximum atomic E-state index is 13.2. The van der Waals surface area contributed by atoms with E-state index in [-0.39, 0.29) is 18.7 Å². The summed E-state index contributed by atoms with van der Waals surface area (Å²) in [5.41, 5.74) is -0.188. The van der Waals surface area contributed by atoms with Gasteiger partial charge >= 0.3 is 11.8 Å². The van der Waals surface area contributed by atoms with E-state index >= 15 is 0 Å². The quantitative estimate of drug-likeness (QED) is 0.769. The zero-order chi connectivity index (χ0) is 20.2. The Bertz CT molecular complexity index is 914. The summed E-state index contributed by atoms with van der Waals surface area (Å²) in [5.74, 6) is 0.437. The van der Waals surface area contributed by atoms with E-state index in [4.69, 9.17) is 4.74 Å². The third-order valence-electron chi connectivity index (χ3n) is 3.34. The molecule has 8 nitrogen and oxygen atoms in total. The fraction of sp³-hybridized carbons (Fsp3) is 0.412. The second-order valence-corrected chi connectivity index (χ2v) is 7.77. The predicted octanol–water partition coefficient (Wildman–Crippen LogP) is 2.88. The molecule has 0 fully saturated rings. The van der Waals surface area contributed by atoms with Gasteiger partial charge in [0.05, 0.1) is 12.9 Å². The highest BCUT2D eigenvalue weighted by Gasteiger charge is 2.17. The number of alkyl carbamates (subject to hydrolysis) is 1. The molecule has 1 N–H and O–H groups in total. The summed E-state index contributed by atoms with van der Waals surface area (Å²) in [6.45, 7) is 6.76. The van der Waals surface area contributed by atoms with E-state index in [1.807, 2.05) is 13.0 Å². The maximum Gasteiger partial charge on any atom is 0.407 e. The molecule has 0 aliphatic carbocycles. The van der Waals surface area contributed by atoms with Crippen LogP contribution in [0.25, 0.3) is 5.82 Å². The normalized spacial score (nSPS) is 12.1. The molecule has 0 atom stereocenters. The van der Waals surface area contributed by atoms with Crippen LogP contribution >= 0.6 is 15.9 Å². The standard InChI is InChI=1S/C17H21BrFN5O3/c1-11-5-13(18)8-20-14(11)23-10-22-24(16(23)26)9-12(6-19)7-21-15(25)27-17(2,3)4/h5-6,8,10H,7,9H2,1-4H3,(H,21,25). The number of hydrogen-bond donors (Lipinski definition) is 1. The molecule has 0 aliphatic heterocycles. The number of amides is 1. The van der Waals surface area contributed by atoms with E-state index in [0.717, 1.165) is 14.7 Å². The van der Waals surface area contributed by atoms with Gasteiger partial charge in [0.1, 0.15) is 17.7 Å². The number of aryl methyl sites for hydroxylation is 1. The van der Waals surface area contributed by atoms with Crippen molar-refractivity contribution in [3.05, 3.63) is 51.0 Å². The smallest absolute Gasteiger partial charge is 0.407 e. The maximum absolute atomic E-state index is 13.2. The van der Waals surface area contributed by atoms with Crippen molar-refractivity contribution < 1.29 is 13.9 Å². The Morgan fingerprint density at radius 2 is 2.15 bits per heavy atom. The summed E-state index contributed by atoms with van der Waals surface area (Å²) in [4.78, 5) is 28.4. The van der Waals surface area contributed by atoms with E-state index in [9.17, 15) is 14.0 Å². The van der Waals surface area contributed by atoms with Gasteiger partial charge in [0.25, 0.3) is 0 Å². The predicted molar refractivity (Wildman–Crippen MR) is 101 cm³/mol. The molecular weight excluding hydrogens is 421 g/mol. The van der Waals surface area contributed by atoms with Crippen molar-refractivity contribution in [3.63, 3.8) is 0 Å². The lowest BCUT2D eigenvalue weighted by Crippen LogP contribution is -2.34. The Balaban J connectivity index is 2.10. The first-order valence-corrected chi connectivity index (χ1v) is 8.92. The van der Waals surface area contributed by atoms with Crippen molar-refractivity contribution in [2.45, 2.75) is 39.8 Å². The summed E-state index contributed by atoms with van der Waals surface area (Å²) >= 11 is 3.32. The third kappa shape index (κ3) is 5.75. The van der Waals surface area contributed by atoms with Crippen molar-refractivity contribution in [1.29, 1.82) is 0 Å². The zero-order valence-corrected chi connectivity index (χ0v) is 17.1. The van der Waals surface area contributed by atoms with Crippen molar-refractivity contribution >= 4 is 22.0 Å². The molecule has 0 aliphatic rings. The summed E-state index contributed by atoms with van der Waals surface area (Å²) < 4.78 is 21.4. The second kappa shape index (κ2) is 8.47. The van der Waals surface area contributed by atoms with Crippen molar-refractivity contribution in [3.8, 4) is 5.82 Å². The Morgan fingerprint density at radius 3 is 2.74 bits per heavy atom. The van der Waals surface area contributed by atoms with Crippen LogP contribution in [-0.4, -0.2) is 37.6 Å². The lowest BCUT2D eigenvalue weighted by molar-refractivity contribution is 0.0532. The molecule has 2 aromatic heterocycles. The molecular formula is C17H21BrFN5O3. The fourth-order valence-corrected chi connectivity index (χ4v) is 2.64. The molecule has 0 spiro atoms. The van der Waals surface area contributed by atoms with Gasteiger partial charge in [0, 0.05) is 17.2 Å². The van der Waals surface area contributed by atoms with Gasteiger partial charge in [0.15, 0.2) is 0 Å². The lowest BCUT2D eigenvalue weighted by Gasteiger charge is -2.19. The van der Waals surface area contributed by atoms with Gasteiger partial charge in [-0.3, -0.25) is 0 Å². The van der Waals surface area contributed by atoms with Crippen LogP contribution in [0.4, 0.5) is 9.18 Å². The number of rotatable bonds is 5. The summed E-state index contributed by atoms with van der Waals surface area (Å²) in [6.07, 6.45) is 2.56. The topological polar surface area (TPSA) is 91.0 Å². The SMILES string of the molecule is Cc1cc(Br)cnc1-n1cnn(CC(=CF)CNC(=O)OC(C)(C)C)c1=O. The van der Waals surface area contributed by atoms with Crippen molar-refractivity contribution in [1.82, 2.24) is 24.6 Å².